The van der Waals surface area contributed by atoms with Crippen LogP contribution in [0.15, 0.2) is 192 Å². The van der Waals surface area contributed by atoms with Gasteiger partial charge in [-0.2, -0.15) is 0 Å². The SMILES string of the molecule is C1=CC2=C(CC1)Cc1ccc(-c3ccc(N(c4ccc(-c5ccc6oc7ccccc7c6c5)cc4)c4cccc5c6cccc7c8ccccc8n(c45)c76)cc3)cc12. The zero-order valence-corrected chi connectivity index (χ0v) is 31.7. The van der Waals surface area contributed by atoms with E-state index in [9.17, 15) is 0 Å². The van der Waals surface area contributed by atoms with Crippen LogP contribution in [0.3, 0.4) is 0 Å². The predicted octanol–water partition coefficient (Wildman–Crippen LogP) is 15.2. The second-order valence-corrected chi connectivity index (χ2v) is 16.0. The molecule has 8 aromatic carbocycles. The van der Waals surface area contributed by atoms with Crippen molar-refractivity contribution in [3.05, 3.63) is 199 Å². The van der Waals surface area contributed by atoms with E-state index in [0.717, 1.165) is 57.4 Å². The van der Waals surface area contributed by atoms with Crippen LogP contribution >= 0.6 is 0 Å². The lowest BCUT2D eigenvalue weighted by molar-refractivity contribution is 0.669. The molecule has 3 heteroatoms. The van der Waals surface area contributed by atoms with Gasteiger partial charge in [-0.15, -0.1) is 0 Å². The highest BCUT2D eigenvalue weighted by Gasteiger charge is 2.24. The van der Waals surface area contributed by atoms with Crippen LogP contribution in [0.2, 0.25) is 0 Å². The van der Waals surface area contributed by atoms with Gasteiger partial charge >= 0.3 is 0 Å². The average Bonchev–Trinajstić information content (AvgIpc) is 4.04. The van der Waals surface area contributed by atoms with Crippen molar-refractivity contribution in [1.82, 2.24) is 4.40 Å². The van der Waals surface area contributed by atoms with Gasteiger partial charge in [0.15, 0.2) is 0 Å². The maximum absolute atomic E-state index is 6.16. The molecule has 13 rings (SSSR count). The van der Waals surface area contributed by atoms with Gasteiger partial charge in [0, 0.05) is 43.7 Å². The quantitative estimate of drug-likeness (QED) is 0.175. The summed E-state index contributed by atoms with van der Waals surface area (Å²) >= 11 is 0. The minimum atomic E-state index is 0.911. The third-order valence-electron chi connectivity index (χ3n) is 12.8. The van der Waals surface area contributed by atoms with Crippen molar-refractivity contribution < 1.29 is 4.42 Å². The van der Waals surface area contributed by atoms with Gasteiger partial charge in [0.1, 0.15) is 11.2 Å². The molecule has 0 atom stereocenters. The number of fused-ring (bicyclic) bond motifs is 11. The molecule has 0 spiro atoms. The normalized spacial score (nSPS) is 13.9. The zero-order valence-electron chi connectivity index (χ0n) is 31.7. The Morgan fingerprint density at radius 2 is 1.10 bits per heavy atom. The van der Waals surface area contributed by atoms with E-state index in [1.54, 1.807) is 5.57 Å². The molecule has 0 bridgehead atoms. The fourth-order valence-electron chi connectivity index (χ4n) is 10.1. The molecule has 2 aliphatic carbocycles. The number of para-hydroxylation sites is 4. The molecule has 3 nitrogen and oxygen atoms in total. The summed E-state index contributed by atoms with van der Waals surface area (Å²) in [6, 6.07) is 62.5. The van der Waals surface area contributed by atoms with Gasteiger partial charge in [0.2, 0.25) is 0 Å². The third-order valence-corrected chi connectivity index (χ3v) is 12.8. The number of hydrogen-bond acceptors (Lipinski definition) is 2. The van der Waals surface area contributed by atoms with Crippen molar-refractivity contribution in [3.8, 4) is 22.3 Å². The summed E-state index contributed by atoms with van der Waals surface area (Å²) in [5.41, 5.74) is 19.6. The van der Waals surface area contributed by atoms with Gasteiger partial charge in [-0.25, -0.2) is 0 Å². The predicted molar refractivity (Wildman–Crippen MR) is 243 cm³/mol. The smallest absolute Gasteiger partial charge is 0.135 e. The molecule has 3 heterocycles. The van der Waals surface area contributed by atoms with Crippen LogP contribution < -0.4 is 4.90 Å². The minimum Gasteiger partial charge on any atom is -0.456 e. The highest BCUT2D eigenvalue weighted by atomic mass is 16.3. The third kappa shape index (κ3) is 4.56. The maximum atomic E-state index is 6.16. The number of anilines is 3. The van der Waals surface area contributed by atoms with E-state index in [1.807, 2.05) is 12.1 Å². The lowest BCUT2D eigenvalue weighted by Gasteiger charge is -2.27. The van der Waals surface area contributed by atoms with E-state index in [1.165, 1.54) is 77.9 Å². The molecule has 0 saturated carbocycles. The highest BCUT2D eigenvalue weighted by Crippen LogP contribution is 2.47. The first-order valence-corrected chi connectivity index (χ1v) is 20.4. The largest absolute Gasteiger partial charge is 0.456 e. The molecule has 11 aromatic rings. The van der Waals surface area contributed by atoms with E-state index in [0.29, 0.717) is 0 Å². The Hall–Kier alpha value is -7.36. The van der Waals surface area contributed by atoms with E-state index in [2.05, 4.69) is 179 Å². The van der Waals surface area contributed by atoms with Crippen LogP contribution in [-0.4, -0.2) is 4.40 Å². The highest BCUT2D eigenvalue weighted by molar-refractivity contribution is 6.25. The van der Waals surface area contributed by atoms with Crippen LogP contribution in [0.4, 0.5) is 17.1 Å². The summed E-state index contributed by atoms with van der Waals surface area (Å²) in [6.45, 7) is 0. The Labute approximate surface area is 335 Å². The molecule has 272 valence electrons. The van der Waals surface area contributed by atoms with Crippen LogP contribution in [0, 0.1) is 0 Å². The molecule has 0 radical (unpaired) electrons. The van der Waals surface area contributed by atoms with Crippen molar-refractivity contribution in [2.24, 2.45) is 0 Å². The van der Waals surface area contributed by atoms with Crippen molar-refractivity contribution >= 4 is 82.7 Å². The topological polar surface area (TPSA) is 20.8 Å². The van der Waals surface area contributed by atoms with Crippen LogP contribution in [0.1, 0.15) is 24.0 Å². The van der Waals surface area contributed by atoms with Gasteiger partial charge in [-0.3, -0.25) is 0 Å². The van der Waals surface area contributed by atoms with E-state index < -0.39 is 0 Å². The van der Waals surface area contributed by atoms with Crippen molar-refractivity contribution in [1.29, 1.82) is 0 Å². The van der Waals surface area contributed by atoms with Crippen molar-refractivity contribution in [2.75, 3.05) is 4.90 Å². The number of aromatic nitrogens is 1. The second kappa shape index (κ2) is 12.1. The lowest BCUT2D eigenvalue weighted by Crippen LogP contribution is -2.11. The zero-order chi connectivity index (χ0) is 37.9. The Kier molecular flexibility index (Phi) is 6.62. The van der Waals surface area contributed by atoms with Gasteiger partial charge in [-0.05, 0) is 119 Å². The van der Waals surface area contributed by atoms with Gasteiger partial charge < -0.3 is 13.7 Å². The molecular weight excluding hydrogens is 705 g/mol. The van der Waals surface area contributed by atoms with Gasteiger partial charge in [0.25, 0.3) is 0 Å². The molecule has 0 fully saturated rings. The maximum Gasteiger partial charge on any atom is 0.135 e. The first-order chi connectivity index (χ1) is 28.7. The molecule has 0 aliphatic heterocycles. The summed E-state index contributed by atoms with van der Waals surface area (Å²) in [6.07, 6.45) is 8.09. The summed E-state index contributed by atoms with van der Waals surface area (Å²) < 4.78 is 8.66. The Morgan fingerprint density at radius 3 is 1.91 bits per heavy atom. The summed E-state index contributed by atoms with van der Waals surface area (Å²) in [5, 5.41) is 7.39. The lowest BCUT2D eigenvalue weighted by atomic mass is 9.95. The van der Waals surface area contributed by atoms with E-state index in [4.69, 9.17) is 4.42 Å². The molecular formula is C55H36N2O. The molecule has 0 N–H and O–H groups in total. The fraction of sp³-hybridized carbons (Fsp3) is 0.0545. The monoisotopic (exact) mass is 740 g/mol. The number of hydrogen-bond donors (Lipinski definition) is 0. The summed E-state index contributed by atoms with van der Waals surface area (Å²) in [4.78, 5) is 2.44. The molecule has 0 amide bonds. The van der Waals surface area contributed by atoms with E-state index in [-0.39, 0.29) is 0 Å². The number of nitrogens with zero attached hydrogens (tertiary/aromatic N) is 2. The molecule has 58 heavy (non-hydrogen) atoms. The summed E-state index contributed by atoms with van der Waals surface area (Å²) in [7, 11) is 0. The molecule has 0 saturated heterocycles. The van der Waals surface area contributed by atoms with Crippen molar-refractivity contribution in [2.45, 2.75) is 19.3 Å². The Morgan fingerprint density at radius 1 is 0.483 bits per heavy atom. The second-order valence-electron chi connectivity index (χ2n) is 16.0. The first-order valence-electron chi connectivity index (χ1n) is 20.4. The van der Waals surface area contributed by atoms with Crippen LogP contribution in [-0.2, 0) is 6.42 Å². The van der Waals surface area contributed by atoms with Crippen LogP contribution in [0.25, 0.3) is 87.9 Å². The fourth-order valence-corrected chi connectivity index (χ4v) is 10.1. The number of rotatable bonds is 5. The van der Waals surface area contributed by atoms with E-state index >= 15 is 0 Å². The Bertz CT molecular complexity index is 3520. The first kappa shape index (κ1) is 31.8. The van der Waals surface area contributed by atoms with Gasteiger partial charge in [0.05, 0.1) is 22.2 Å². The van der Waals surface area contributed by atoms with Crippen LogP contribution in [0.5, 0.6) is 0 Å². The average molecular weight is 741 g/mol. The minimum absolute atomic E-state index is 0.911. The number of benzene rings is 8. The Balaban J connectivity index is 0.978. The van der Waals surface area contributed by atoms with Crippen molar-refractivity contribution in [3.63, 3.8) is 0 Å². The summed E-state index contributed by atoms with van der Waals surface area (Å²) in [5.74, 6) is 0. The molecule has 3 aromatic heterocycles. The standard InChI is InChI=1S/C55H36N2O/c1-2-10-42-38(9-1)31-39-20-19-36(32-48(39)42)34-21-26-40(27-22-34)56(41-28-23-35(24-29-41)37-25-30-53-49(33-37)44-12-4-6-18-52(44)58-53)51-17-8-15-47-46-14-7-13-45-43-11-3-5-16-50(43)57(54(45)46)55(47)51/h2-8,10-30,32-33H,1,9,31H2. The molecule has 0 unspecified atom stereocenters. The number of allylic oxidation sites excluding steroid dienone is 4. The van der Waals surface area contributed by atoms with Gasteiger partial charge in [-0.1, -0.05) is 127 Å². The number of furan rings is 1. The molecule has 2 aliphatic rings.